The Labute approximate surface area is 155 Å². The fraction of sp³-hybridized carbons (Fsp3) is 0.333. The number of ether oxygens (including phenoxy) is 2. The molecule has 0 bridgehead atoms. The van der Waals surface area contributed by atoms with Crippen LogP contribution < -0.4 is 4.74 Å². The molecule has 26 heavy (non-hydrogen) atoms. The first kappa shape index (κ1) is 18.1. The number of carbonyl (C=O) groups is 1. The SMILES string of the molecule is CCCc1noc(C(C)OC(=O)c2cccc(OCc3cscn3)c2)n1. The van der Waals surface area contributed by atoms with Crippen molar-refractivity contribution < 1.29 is 18.8 Å². The second-order valence-corrected chi connectivity index (χ2v) is 6.36. The zero-order chi connectivity index (χ0) is 18.4. The van der Waals surface area contributed by atoms with E-state index < -0.39 is 12.1 Å². The number of hydrogen-bond acceptors (Lipinski definition) is 8. The lowest BCUT2D eigenvalue weighted by Gasteiger charge is -2.10. The van der Waals surface area contributed by atoms with Gasteiger partial charge in [0.15, 0.2) is 11.9 Å². The molecule has 0 N–H and O–H groups in total. The summed E-state index contributed by atoms with van der Waals surface area (Å²) in [5.74, 6) is 0.996. The minimum atomic E-state index is -0.625. The third kappa shape index (κ3) is 4.66. The Kier molecular flexibility index (Phi) is 5.96. The van der Waals surface area contributed by atoms with Crippen molar-refractivity contribution in [2.24, 2.45) is 0 Å². The zero-order valence-corrected chi connectivity index (χ0v) is 15.4. The molecule has 1 unspecified atom stereocenters. The van der Waals surface area contributed by atoms with Gasteiger partial charge in [0, 0.05) is 11.8 Å². The highest BCUT2D eigenvalue weighted by molar-refractivity contribution is 7.07. The van der Waals surface area contributed by atoms with Gasteiger partial charge in [0.25, 0.3) is 5.89 Å². The molecule has 0 saturated heterocycles. The highest BCUT2D eigenvalue weighted by Gasteiger charge is 2.19. The van der Waals surface area contributed by atoms with E-state index in [0.29, 0.717) is 23.7 Å². The Balaban J connectivity index is 1.60. The van der Waals surface area contributed by atoms with Crippen LogP contribution in [0, 0.1) is 0 Å². The van der Waals surface area contributed by atoms with Crippen molar-refractivity contribution in [3.05, 3.63) is 58.1 Å². The molecule has 0 saturated carbocycles. The molecule has 0 fully saturated rings. The van der Waals surface area contributed by atoms with Gasteiger partial charge in [-0.2, -0.15) is 4.98 Å². The van der Waals surface area contributed by atoms with E-state index in [1.807, 2.05) is 12.3 Å². The fourth-order valence-electron chi connectivity index (χ4n) is 2.22. The largest absolute Gasteiger partial charge is 0.487 e. The number of hydrogen-bond donors (Lipinski definition) is 0. The van der Waals surface area contributed by atoms with Gasteiger partial charge in [-0.1, -0.05) is 18.1 Å². The van der Waals surface area contributed by atoms with E-state index in [-0.39, 0.29) is 5.89 Å². The van der Waals surface area contributed by atoms with Crippen molar-refractivity contribution in [3.63, 3.8) is 0 Å². The van der Waals surface area contributed by atoms with Gasteiger partial charge >= 0.3 is 5.97 Å². The van der Waals surface area contributed by atoms with Crippen LogP contribution in [0.1, 0.15) is 54.1 Å². The predicted octanol–water partition coefficient (Wildman–Crippen LogP) is 3.98. The Morgan fingerprint density at radius 1 is 1.38 bits per heavy atom. The molecule has 0 amide bonds. The first-order valence-electron chi connectivity index (χ1n) is 8.29. The van der Waals surface area contributed by atoms with Crippen LogP contribution in [0.15, 0.2) is 39.7 Å². The fourth-order valence-corrected chi connectivity index (χ4v) is 2.76. The van der Waals surface area contributed by atoms with E-state index in [0.717, 1.165) is 18.5 Å². The lowest BCUT2D eigenvalue weighted by atomic mass is 10.2. The van der Waals surface area contributed by atoms with Crippen LogP contribution in [0.4, 0.5) is 0 Å². The van der Waals surface area contributed by atoms with E-state index in [1.54, 1.807) is 36.7 Å². The number of nitrogens with zero attached hydrogens (tertiary/aromatic N) is 3. The molecule has 0 aliphatic heterocycles. The predicted molar refractivity (Wildman–Crippen MR) is 95.0 cm³/mol. The lowest BCUT2D eigenvalue weighted by Crippen LogP contribution is -2.10. The topological polar surface area (TPSA) is 87.3 Å². The molecule has 2 aromatic heterocycles. The summed E-state index contributed by atoms with van der Waals surface area (Å²) in [5.41, 5.74) is 2.98. The van der Waals surface area contributed by atoms with Gasteiger partial charge in [-0.25, -0.2) is 9.78 Å². The van der Waals surface area contributed by atoms with Gasteiger partial charge in [-0.3, -0.25) is 0 Å². The first-order chi connectivity index (χ1) is 12.7. The van der Waals surface area contributed by atoms with Crippen molar-refractivity contribution in [2.75, 3.05) is 0 Å². The van der Waals surface area contributed by atoms with Gasteiger partial charge in [-0.05, 0) is 31.5 Å². The summed E-state index contributed by atoms with van der Waals surface area (Å²) >= 11 is 1.51. The number of rotatable bonds is 8. The van der Waals surface area contributed by atoms with Gasteiger partial charge in [0.05, 0.1) is 16.8 Å². The molecule has 0 aliphatic rings. The summed E-state index contributed by atoms with van der Waals surface area (Å²) in [6.45, 7) is 4.08. The van der Waals surface area contributed by atoms with Gasteiger partial charge in [-0.15, -0.1) is 11.3 Å². The van der Waals surface area contributed by atoms with E-state index in [2.05, 4.69) is 15.1 Å². The standard InChI is InChI=1S/C18H19N3O4S/c1-3-5-16-20-17(25-21-16)12(2)24-18(22)13-6-4-7-15(8-13)23-9-14-10-26-11-19-14/h4,6-8,10-12H,3,5,9H2,1-2H3. The van der Waals surface area contributed by atoms with Gasteiger partial charge in [0.1, 0.15) is 12.4 Å². The molecule has 2 heterocycles. The highest BCUT2D eigenvalue weighted by Crippen LogP contribution is 2.20. The van der Waals surface area contributed by atoms with Gasteiger partial charge in [0.2, 0.25) is 0 Å². The molecule has 1 atom stereocenters. The molecule has 3 aromatic rings. The van der Waals surface area contributed by atoms with Crippen LogP contribution in [0.2, 0.25) is 0 Å². The van der Waals surface area contributed by atoms with Crippen LogP contribution in [-0.4, -0.2) is 21.1 Å². The Bertz CT molecular complexity index is 848. The first-order valence-corrected chi connectivity index (χ1v) is 9.23. The van der Waals surface area contributed by atoms with Crippen molar-refractivity contribution in [1.82, 2.24) is 15.1 Å². The minimum absolute atomic E-state index is 0.290. The van der Waals surface area contributed by atoms with E-state index in [4.69, 9.17) is 14.0 Å². The molecule has 8 heteroatoms. The number of thiazole rings is 1. The van der Waals surface area contributed by atoms with Crippen LogP contribution in [0.25, 0.3) is 0 Å². The maximum atomic E-state index is 12.4. The maximum Gasteiger partial charge on any atom is 0.339 e. The number of aryl methyl sites for hydroxylation is 1. The molecule has 7 nitrogen and oxygen atoms in total. The summed E-state index contributed by atoms with van der Waals surface area (Å²) in [4.78, 5) is 20.8. The van der Waals surface area contributed by atoms with Gasteiger partial charge < -0.3 is 14.0 Å². The number of benzene rings is 1. The van der Waals surface area contributed by atoms with Crippen molar-refractivity contribution >= 4 is 17.3 Å². The highest BCUT2D eigenvalue weighted by atomic mass is 32.1. The lowest BCUT2D eigenvalue weighted by molar-refractivity contribution is 0.0265. The van der Waals surface area contributed by atoms with Crippen molar-refractivity contribution in [1.29, 1.82) is 0 Å². The molecule has 3 rings (SSSR count). The Hall–Kier alpha value is -2.74. The van der Waals surface area contributed by atoms with Crippen molar-refractivity contribution in [2.45, 2.75) is 39.4 Å². The zero-order valence-electron chi connectivity index (χ0n) is 14.5. The quantitative estimate of drug-likeness (QED) is 0.552. The van der Waals surface area contributed by atoms with E-state index in [1.165, 1.54) is 11.3 Å². The number of carbonyl (C=O) groups excluding carboxylic acids is 1. The Morgan fingerprint density at radius 3 is 3.04 bits per heavy atom. The molecule has 0 spiro atoms. The average Bonchev–Trinajstić information content (AvgIpc) is 3.32. The summed E-state index contributed by atoms with van der Waals surface area (Å²) in [6, 6.07) is 6.82. The third-order valence-corrected chi connectivity index (χ3v) is 4.16. The third-order valence-electron chi connectivity index (χ3n) is 3.53. The van der Waals surface area contributed by atoms with E-state index in [9.17, 15) is 4.79 Å². The molecule has 0 aliphatic carbocycles. The maximum absolute atomic E-state index is 12.4. The molecular formula is C18H19N3O4S. The van der Waals surface area contributed by atoms with Crippen LogP contribution in [-0.2, 0) is 17.8 Å². The van der Waals surface area contributed by atoms with Crippen molar-refractivity contribution in [3.8, 4) is 5.75 Å². The van der Waals surface area contributed by atoms with Crippen LogP contribution in [0.5, 0.6) is 5.75 Å². The molecule has 136 valence electrons. The monoisotopic (exact) mass is 373 g/mol. The summed E-state index contributed by atoms with van der Waals surface area (Å²) in [5, 5.41) is 5.78. The number of esters is 1. The average molecular weight is 373 g/mol. The van der Waals surface area contributed by atoms with E-state index >= 15 is 0 Å². The molecule has 1 aromatic carbocycles. The second-order valence-electron chi connectivity index (χ2n) is 5.64. The summed E-state index contributed by atoms with van der Waals surface area (Å²) in [7, 11) is 0. The molecular weight excluding hydrogens is 354 g/mol. The summed E-state index contributed by atoms with van der Waals surface area (Å²) < 4.78 is 16.2. The van der Waals surface area contributed by atoms with Crippen LogP contribution >= 0.6 is 11.3 Å². The Morgan fingerprint density at radius 2 is 2.27 bits per heavy atom. The normalized spacial score (nSPS) is 11.9. The second kappa shape index (κ2) is 8.57. The molecule has 0 radical (unpaired) electrons. The summed E-state index contributed by atoms with van der Waals surface area (Å²) in [6.07, 6.45) is 1.02. The van der Waals surface area contributed by atoms with Crippen LogP contribution in [0.3, 0.4) is 0 Å². The minimum Gasteiger partial charge on any atom is -0.487 e. The smallest absolute Gasteiger partial charge is 0.339 e. The number of aromatic nitrogens is 3.